The van der Waals surface area contributed by atoms with Gasteiger partial charge in [-0.15, -0.1) is 0 Å². The number of methoxy groups -OCH3 is 3. The maximum absolute atomic E-state index is 13.4. The van der Waals surface area contributed by atoms with Crippen LogP contribution in [0.4, 0.5) is 0 Å². The molecular formula is C23H26N2O6. The minimum atomic E-state index is -0.434. The third kappa shape index (κ3) is 4.20. The first-order valence-electron chi connectivity index (χ1n) is 9.73. The molecule has 31 heavy (non-hydrogen) atoms. The lowest BCUT2D eigenvalue weighted by Gasteiger charge is -2.21. The summed E-state index contributed by atoms with van der Waals surface area (Å²) in [6.07, 6.45) is 0. The normalized spacial score (nSPS) is 13.6. The number of carbonyl (C=O) groups excluding carboxylic acids is 2. The zero-order valence-electron chi connectivity index (χ0n) is 18.0. The SMILES string of the molecule is COc1ccccc1CN1C(=O)C(c2ccc(OC)c(OC)c2)=C(N(C)CCO)C1=O. The largest absolute Gasteiger partial charge is 0.496 e. The zero-order chi connectivity index (χ0) is 22.5. The van der Waals surface area contributed by atoms with Crippen LogP contribution in [-0.2, 0) is 16.1 Å². The summed E-state index contributed by atoms with van der Waals surface area (Å²) >= 11 is 0. The summed E-state index contributed by atoms with van der Waals surface area (Å²) in [7, 11) is 6.24. The number of amides is 2. The second kappa shape index (κ2) is 9.53. The van der Waals surface area contributed by atoms with Crippen molar-refractivity contribution in [3.63, 3.8) is 0 Å². The third-order valence-electron chi connectivity index (χ3n) is 5.15. The summed E-state index contributed by atoms with van der Waals surface area (Å²) in [5.41, 5.74) is 1.71. The van der Waals surface area contributed by atoms with Crippen LogP contribution in [0.1, 0.15) is 11.1 Å². The number of carbonyl (C=O) groups is 2. The topological polar surface area (TPSA) is 88.5 Å². The summed E-state index contributed by atoms with van der Waals surface area (Å²) in [6.45, 7) is 0.107. The van der Waals surface area contributed by atoms with Crippen LogP contribution in [0, 0.1) is 0 Å². The first-order valence-corrected chi connectivity index (χ1v) is 9.73. The molecule has 0 unspecified atom stereocenters. The molecule has 1 aliphatic rings. The molecule has 2 aromatic rings. The smallest absolute Gasteiger partial charge is 0.278 e. The van der Waals surface area contributed by atoms with Crippen molar-refractivity contribution in [1.29, 1.82) is 0 Å². The van der Waals surface area contributed by atoms with Crippen LogP contribution in [0.15, 0.2) is 48.2 Å². The molecule has 3 rings (SSSR count). The van der Waals surface area contributed by atoms with E-state index in [0.717, 1.165) is 0 Å². The molecule has 0 aromatic heterocycles. The summed E-state index contributed by atoms with van der Waals surface area (Å²) < 4.78 is 16.0. The summed E-state index contributed by atoms with van der Waals surface area (Å²) in [5.74, 6) is 0.687. The van der Waals surface area contributed by atoms with E-state index in [-0.39, 0.29) is 31.0 Å². The minimum Gasteiger partial charge on any atom is -0.496 e. The molecule has 1 heterocycles. The fraction of sp³-hybridized carbons (Fsp3) is 0.304. The fourth-order valence-corrected chi connectivity index (χ4v) is 3.58. The number of rotatable bonds is 9. The number of likely N-dealkylation sites (N-methyl/N-ethyl adjacent to an activating group) is 1. The van der Waals surface area contributed by atoms with Gasteiger partial charge in [0.15, 0.2) is 11.5 Å². The number of hydrogen-bond donors (Lipinski definition) is 1. The molecule has 0 aliphatic carbocycles. The molecule has 0 saturated carbocycles. The van der Waals surface area contributed by atoms with Gasteiger partial charge in [0.05, 0.1) is 40.1 Å². The average molecular weight is 426 g/mol. The van der Waals surface area contributed by atoms with Gasteiger partial charge in [0.2, 0.25) is 0 Å². The van der Waals surface area contributed by atoms with Gasteiger partial charge in [0, 0.05) is 19.2 Å². The number of aliphatic hydroxyl groups excluding tert-OH is 1. The Kier molecular flexibility index (Phi) is 6.81. The molecule has 0 fully saturated rings. The first kappa shape index (κ1) is 22.2. The third-order valence-corrected chi connectivity index (χ3v) is 5.15. The molecule has 1 aliphatic heterocycles. The van der Waals surface area contributed by atoms with Gasteiger partial charge in [-0.1, -0.05) is 24.3 Å². The number of imide groups is 1. The average Bonchev–Trinajstić information content (AvgIpc) is 3.03. The highest BCUT2D eigenvalue weighted by molar-refractivity contribution is 6.35. The van der Waals surface area contributed by atoms with Crippen LogP contribution in [0.3, 0.4) is 0 Å². The fourth-order valence-electron chi connectivity index (χ4n) is 3.58. The van der Waals surface area contributed by atoms with Crippen LogP contribution in [0.5, 0.6) is 17.2 Å². The highest BCUT2D eigenvalue weighted by Crippen LogP contribution is 2.37. The van der Waals surface area contributed by atoms with Gasteiger partial charge >= 0.3 is 0 Å². The number of benzene rings is 2. The summed E-state index contributed by atoms with van der Waals surface area (Å²) in [4.78, 5) is 29.5. The molecule has 1 N–H and O–H groups in total. The highest BCUT2D eigenvalue weighted by atomic mass is 16.5. The maximum Gasteiger partial charge on any atom is 0.278 e. The lowest BCUT2D eigenvalue weighted by atomic mass is 10.0. The van der Waals surface area contributed by atoms with Gasteiger partial charge < -0.3 is 24.2 Å². The Morgan fingerprint density at radius 2 is 1.58 bits per heavy atom. The van der Waals surface area contributed by atoms with E-state index in [1.807, 2.05) is 18.2 Å². The quantitative estimate of drug-likeness (QED) is 0.613. The summed E-state index contributed by atoms with van der Waals surface area (Å²) in [5, 5.41) is 9.40. The maximum atomic E-state index is 13.4. The highest BCUT2D eigenvalue weighted by Gasteiger charge is 2.41. The van der Waals surface area contributed by atoms with Gasteiger partial charge in [0.25, 0.3) is 11.8 Å². The van der Waals surface area contributed by atoms with E-state index in [1.165, 1.54) is 19.1 Å². The Hall–Kier alpha value is -3.52. The second-order valence-corrected chi connectivity index (χ2v) is 6.95. The molecule has 2 aromatic carbocycles. The molecular weight excluding hydrogens is 400 g/mol. The second-order valence-electron chi connectivity index (χ2n) is 6.95. The van der Waals surface area contributed by atoms with Gasteiger partial charge in [-0.3, -0.25) is 14.5 Å². The minimum absolute atomic E-state index is 0.0644. The lowest BCUT2D eigenvalue weighted by Crippen LogP contribution is -2.34. The zero-order valence-corrected chi connectivity index (χ0v) is 18.0. The molecule has 0 bridgehead atoms. The standard InChI is InChI=1S/C23H26N2O6/c1-24(11-12-26)21-20(15-9-10-18(30-3)19(13-15)31-4)22(27)25(23(21)28)14-16-7-5-6-8-17(16)29-2/h5-10,13,26H,11-12,14H2,1-4H3. The predicted molar refractivity (Wildman–Crippen MR) is 115 cm³/mol. The summed E-state index contributed by atoms with van der Waals surface area (Å²) in [6, 6.07) is 12.3. The van der Waals surface area contributed by atoms with Crippen LogP contribution in [0.2, 0.25) is 0 Å². The lowest BCUT2D eigenvalue weighted by molar-refractivity contribution is -0.138. The van der Waals surface area contributed by atoms with Crippen molar-refractivity contribution in [2.24, 2.45) is 0 Å². The molecule has 0 spiro atoms. The predicted octanol–water partition coefficient (Wildman–Crippen LogP) is 1.92. The molecule has 8 nitrogen and oxygen atoms in total. The van der Waals surface area contributed by atoms with Crippen molar-refractivity contribution in [1.82, 2.24) is 9.80 Å². The van der Waals surface area contributed by atoms with Crippen molar-refractivity contribution in [2.45, 2.75) is 6.54 Å². The Morgan fingerprint density at radius 3 is 2.23 bits per heavy atom. The van der Waals surface area contributed by atoms with Crippen molar-refractivity contribution >= 4 is 17.4 Å². The number of para-hydroxylation sites is 1. The Bertz CT molecular complexity index is 1020. The van der Waals surface area contributed by atoms with E-state index in [4.69, 9.17) is 14.2 Å². The molecule has 0 atom stereocenters. The van der Waals surface area contributed by atoms with E-state index in [2.05, 4.69) is 0 Å². The van der Waals surface area contributed by atoms with Crippen LogP contribution >= 0.6 is 0 Å². The Morgan fingerprint density at radius 1 is 0.903 bits per heavy atom. The Labute approximate surface area is 181 Å². The van der Waals surface area contributed by atoms with Crippen molar-refractivity contribution in [3.8, 4) is 17.2 Å². The van der Waals surface area contributed by atoms with E-state index >= 15 is 0 Å². The van der Waals surface area contributed by atoms with Gasteiger partial charge in [-0.25, -0.2) is 0 Å². The van der Waals surface area contributed by atoms with Crippen molar-refractivity contribution < 1.29 is 28.9 Å². The molecule has 164 valence electrons. The van der Waals surface area contributed by atoms with Gasteiger partial charge in [0.1, 0.15) is 11.4 Å². The monoisotopic (exact) mass is 426 g/mol. The number of ether oxygens (including phenoxy) is 3. The first-order chi connectivity index (χ1) is 15.0. The van der Waals surface area contributed by atoms with Gasteiger partial charge in [-0.2, -0.15) is 0 Å². The number of aliphatic hydroxyl groups is 1. The Balaban J connectivity index is 2.07. The van der Waals surface area contributed by atoms with Crippen LogP contribution in [0.25, 0.3) is 5.57 Å². The molecule has 0 radical (unpaired) electrons. The molecule has 8 heteroatoms. The van der Waals surface area contributed by atoms with E-state index < -0.39 is 11.8 Å². The van der Waals surface area contributed by atoms with Crippen molar-refractivity contribution in [3.05, 3.63) is 59.3 Å². The number of hydrogen-bond acceptors (Lipinski definition) is 7. The van der Waals surface area contributed by atoms with Crippen LogP contribution < -0.4 is 14.2 Å². The van der Waals surface area contributed by atoms with Crippen molar-refractivity contribution in [2.75, 3.05) is 41.5 Å². The molecule has 2 amide bonds. The number of nitrogens with zero attached hydrogens (tertiary/aromatic N) is 2. The van der Waals surface area contributed by atoms with E-state index in [1.54, 1.807) is 43.3 Å². The van der Waals surface area contributed by atoms with Crippen LogP contribution in [-0.4, -0.2) is 68.2 Å². The van der Waals surface area contributed by atoms with Gasteiger partial charge in [-0.05, 0) is 23.8 Å². The van der Waals surface area contributed by atoms with E-state index in [0.29, 0.717) is 28.4 Å². The van der Waals surface area contributed by atoms with E-state index in [9.17, 15) is 14.7 Å². The molecule has 0 saturated heterocycles.